The van der Waals surface area contributed by atoms with Crippen LogP contribution in [0.4, 0.5) is 10.8 Å². The van der Waals surface area contributed by atoms with E-state index in [0.717, 1.165) is 12.1 Å². The van der Waals surface area contributed by atoms with Crippen LogP contribution in [0, 0.1) is 0 Å². The van der Waals surface area contributed by atoms with Crippen LogP contribution in [0.1, 0.15) is 29.8 Å². The zero-order chi connectivity index (χ0) is 25.0. The van der Waals surface area contributed by atoms with Crippen molar-refractivity contribution < 1.29 is 18.0 Å². The van der Waals surface area contributed by atoms with Crippen molar-refractivity contribution in [2.75, 3.05) is 35.6 Å². The number of anilines is 2. The molecule has 0 atom stereocenters. The second-order valence-corrected chi connectivity index (χ2v) is 11.8. The third-order valence-electron chi connectivity index (χ3n) is 5.59. The minimum Gasteiger partial charge on any atom is -0.311 e. The van der Waals surface area contributed by atoms with Crippen molar-refractivity contribution in [3.63, 3.8) is 0 Å². The molecule has 1 aliphatic heterocycles. The lowest BCUT2D eigenvalue weighted by Crippen LogP contribution is -2.30. The van der Waals surface area contributed by atoms with Crippen LogP contribution in [0.3, 0.4) is 0 Å². The molecule has 0 saturated carbocycles. The van der Waals surface area contributed by atoms with Crippen molar-refractivity contribution >= 4 is 55.8 Å². The van der Waals surface area contributed by atoms with E-state index in [1.807, 2.05) is 24.3 Å². The molecule has 9 nitrogen and oxygen atoms in total. The summed E-state index contributed by atoms with van der Waals surface area (Å²) < 4.78 is 27.1. The van der Waals surface area contributed by atoms with Crippen LogP contribution in [0.25, 0.3) is 0 Å². The normalized spacial score (nSPS) is 13.2. The predicted octanol–water partition coefficient (Wildman–Crippen LogP) is 3.50. The monoisotopic (exact) mass is 531 g/mol. The number of fused-ring (bicyclic) bond motifs is 1. The first kappa shape index (κ1) is 25.3. The number of carbonyl (C=O) groups excluding carboxylic acids is 2. The van der Waals surface area contributed by atoms with E-state index in [1.54, 1.807) is 18.7 Å². The first-order chi connectivity index (χ1) is 16.8. The van der Waals surface area contributed by atoms with Gasteiger partial charge in [-0.15, -0.1) is 10.2 Å². The van der Waals surface area contributed by atoms with Crippen molar-refractivity contribution in [2.24, 2.45) is 0 Å². The van der Waals surface area contributed by atoms with Gasteiger partial charge in [-0.25, -0.2) is 8.42 Å². The average molecular weight is 532 g/mol. The van der Waals surface area contributed by atoms with Gasteiger partial charge >= 0.3 is 0 Å². The van der Waals surface area contributed by atoms with Gasteiger partial charge in [0.1, 0.15) is 0 Å². The first-order valence-corrected chi connectivity index (χ1v) is 14.3. The highest BCUT2D eigenvalue weighted by Gasteiger charge is 2.25. The van der Waals surface area contributed by atoms with Crippen LogP contribution in [-0.4, -0.2) is 60.1 Å². The van der Waals surface area contributed by atoms with Crippen LogP contribution < -0.4 is 10.2 Å². The van der Waals surface area contributed by atoms with Crippen LogP contribution in [0.5, 0.6) is 0 Å². The van der Waals surface area contributed by atoms with Crippen molar-refractivity contribution in [1.29, 1.82) is 0 Å². The molecule has 0 bridgehead atoms. The van der Waals surface area contributed by atoms with Gasteiger partial charge in [-0.05, 0) is 42.3 Å². The number of nitrogens with one attached hydrogen (secondary N) is 1. The lowest BCUT2D eigenvalue weighted by molar-refractivity contribution is -0.116. The average Bonchev–Trinajstić information content (AvgIpc) is 3.50. The summed E-state index contributed by atoms with van der Waals surface area (Å²) in [4.78, 5) is 27.2. The Bertz CT molecular complexity index is 1320. The summed E-state index contributed by atoms with van der Waals surface area (Å²) >= 11 is 2.46. The molecular formula is C23H25N5O4S3. The Balaban J connectivity index is 1.33. The molecule has 3 aromatic rings. The smallest absolute Gasteiger partial charge is 0.257 e. The van der Waals surface area contributed by atoms with E-state index in [2.05, 4.69) is 15.5 Å². The van der Waals surface area contributed by atoms with Crippen LogP contribution in [0.2, 0.25) is 0 Å². The third kappa shape index (κ3) is 5.56. The maximum atomic E-state index is 12.7. The number of hydrogen-bond acceptors (Lipinski definition) is 8. The summed E-state index contributed by atoms with van der Waals surface area (Å²) in [6.45, 7) is 4.97. The van der Waals surface area contributed by atoms with Gasteiger partial charge < -0.3 is 4.90 Å². The molecule has 1 aliphatic rings. The summed E-state index contributed by atoms with van der Waals surface area (Å²) in [6.07, 6.45) is 0.851. The van der Waals surface area contributed by atoms with Gasteiger partial charge in [-0.1, -0.05) is 55.1 Å². The molecule has 4 rings (SSSR count). The molecule has 0 spiro atoms. The van der Waals surface area contributed by atoms with Gasteiger partial charge in [0.2, 0.25) is 21.1 Å². The lowest BCUT2D eigenvalue weighted by atomic mass is 10.2. The van der Waals surface area contributed by atoms with E-state index in [1.165, 1.54) is 57.2 Å². The highest BCUT2D eigenvalue weighted by Crippen LogP contribution is 2.30. The summed E-state index contributed by atoms with van der Waals surface area (Å²) in [7, 11) is -3.59. The van der Waals surface area contributed by atoms with E-state index in [0.29, 0.717) is 34.7 Å². The van der Waals surface area contributed by atoms with Crippen LogP contribution in [-0.2, 0) is 21.2 Å². The molecule has 2 amide bonds. The fourth-order valence-corrected chi connectivity index (χ4v) is 6.86. The first-order valence-electron chi connectivity index (χ1n) is 11.1. The molecule has 1 N–H and O–H groups in total. The van der Waals surface area contributed by atoms with Gasteiger partial charge in [0.15, 0.2) is 4.34 Å². The SMILES string of the molecule is CCN(CC)S(=O)(=O)c1ccc(C(=O)Nc2nnc(SCC(=O)N3CCc4ccccc43)s2)cc1. The zero-order valence-corrected chi connectivity index (χ0v) is 21.8. The molecule has 35 heavy (non-hydrogen) atoms. The predicted molar refractivity (Wildman–Crippen MR) is 138 cm³/mol. The van der Waals surface area contributed by atoms with Gasteiger partial charge in [0.05, 0.1) is 10.6 Å². The molecule has 2 aromatic carbocycles. The maximum absolute atomic E-state index is 12.7. The highest BCUT2D eigenvalue weighted by atomic mass is 32.2. The molecule has 0 unspecified atom stereocenters. The third-order valence-corrected chi connectivity index (χ3v) is 9.61. The Kier molecular flexibility index (Phi) is 7.85. The van der Waals surface area contributed by atoms with Gasteiger partial charge in [0.25, 0.3) is 5.91 Å². The molecule has 0 aliphatic carbocycles. The number of aromatic nitrogens is 2. The van der Waals surface area contributed by atoms with Crippen LogP contribution in [0.15, 0.2) is 57.8 Å². The number of nitrogens with zero attached hydrogens (tertiary/aromatic N) is 4. The number of benzene rings is 2. The minimum atomic E-state index is -3.59. The Morgan fingerprint density at radius 3 is 2.51 bits per heavy atom. The summed E-state index contributed by atoms with van der Waals surface area (Å²) in [5, 5.41) is 11.0. The molecule has 2 heterocycles. The van der Waals surface area contributed by atoms with Crippen molar-refractivity contribution in [2.45, 2.75) is 29.5 Å². The summed E-state index contributed by atoms with van der Waals surface area (Å²) in [5.74, 6) is -0.200. The Labute approximate surface area is 212 Å². The van der Waals surface area contributed by atoms with Crippen molar-refractivity contribution in [1.82, 2.24) is 14.5 Å². The number of carbonyl (C=O) groups is 2. The largest absolute Gasteiger partial charge is 0.311 e. The van der Waals surface area contributed by atoms with Gasteiger partial charge in [-0.3, -0.25) is 14.9 Å². The van der Waals surface area contributed by atoms with Gasteiger partial charge in [0, 0.05) is 30.9 Å². The van der Waals surface area contributed by atoms with E-state index < -0.39 is 15.9 Å². The van der Waals surface area contributed by atoms with E-state index >= 15 is 0 Å². The van der Waals surface area contributed by atoms with Crippen molar-refractivity contribution in [3.8, 4) is 0 Å². The number of amides is 2. The molecule has 12 heteroatoms. The fraction of sp³-hybridized carbons (Fsp3) is 0.304. The molecule has 0 fully saturated rings. The molecular weight excluding hydrogens is 506 g/mol. The quantitative estimate of drug-likeness (QED) is 0.332. The molecule has 0 saturated heterocycles. The second-order valence-electron chi connectivity index (χ2n) is 7.65. The molecule has 0 radical (unpaired) electrons. The number of sulfonamides is 1. The summed E-state index contributed by atoms with van der Waals surface area (Å²) in [5.41, 5.74) is 2.43. The minimum absolute atomic E-state index is 0.000453. The van der Waals surface area contributed by atoms with E-state index in [9.17, 15) is 18.0 Å². The Morgan fingerprint density at radius 1 is 1.09 bits per heavy atom. The van der Waals surface area contributed by atoms with E-state index in [-0.39, 0.29) is 16.6 Å². The molecule has 1 aromatic heterocycles. The van der Waals surface area contributed by atoms with E-state index in [4.69, 9.17) is 0 Å². The number of thioether (sulfide) groups is 1. The second kappa shape index (κ2) is 10.9. The topological polar surface area (TPSA) is 113 Å². The van der Waals surface area contributed by atoms with Gasteiger partial charge in [-0.2, -0.15) is 4.31 Å². The van der Waals surface area contributed by atoms with Crippen LogP contribution >= 0.6 is 23.1 Å². The number of para-hydroxylation sites is 1. The lowest BCUT2D eigenvalue weighted by Gasteiger charge is -2.18. The Hall–Kier alpha value is -2.80. The standard InChI is InChI=1S/C23H25N5O4S3/c1-3-27(4-2)35(31,32)18-11-9-17(10-12-18)21(30)24-22-25-26-23(34-22)33-15-20(29)28-14-13-16-7-5-6-8-19(16)28/h5-12H,3-4,13-15H2,1-2H3,(H,24,25,30). The molecule has 184 valence electrons. The number of hydrogen-bond donors (Lipinski definition) is 1. The highest BCUT2D eigenvalue weighted by molar-refractivity contribution is 8.01. The number of rotatable bonds is 9. The zero-order valence-electron chi connectivity index (χ0n) is 19.3. The Morgan fingerprint density at radius 2 is 1.80 bits per heavy atom. The summed E-state index contributed by atoms with van der Waals surface area (Å²) in [6, 6.07) is 13.7. The maximum Gasteiger partial charge on any atom is 0.257 e. The fourth-order valence-electron chi connectivity index (χ4n) is 3.78. The van der Waals surface area contributed by atoms with Crippen molar-refractivity contribution in [3.05, 3.63) is 59.7 Å².